The average Bonchev–Trinajstić information content (AvgIpc) is 2.63. The van der Waals surface area contributed by atoms with Crippen LogP contribution in [0, 0.1) is 6.92 Å². The highest BCUT2D eigenvalue weighted by molar-refractivity contribution is 5.39. The molecule has 2 heterocycles. The number of nitrogens with zero attached hydrogens (tertiary/aromatic N) is 2. The van der Waals surface area contributed by atoms with Crippen molar-refractivity contribution < 1.29 is 0 Å². The molecule has 0 saturated heterocycles. The maximum absolute atomic E-state index is 4.12. The molecule has 0 amide bonds. The van der Waals surface area contributed by atoms with Gasteiger partial charge in [-0.05, 0) is 19.1 Å². The average molecular weight is 188 g/mol. The van der Waals surface area contributed by atoms with Crippen LogP contribution in [0.4, 0.5) is 5.69 Å². The van der Waals surface area contributed by atoms with Crippen molar-refractivity contribution >= 4 is 5.69 Å². The van der Waals surface area contributed by atoms with Gasteiger partial charge in [-0.25, -0.2) is 4.98 Å². The van der Waals surface area contributed by atoms with E-state index >= 15 is 0 Å². The highest BCUT2D eigenvalue weighted by atomic mass is 15.0. The van der Waals surface area contributed by atoms with E-state index in [4.69, 9.17) is 0 Å². The lowest BCUT2D eigenvalue weighted by atomic mass is 10.4. The van der Waals surface area contributed by atoms with Gasteiger partial charge in [0.1, 0.15) is 5.82 Å². The van der Waals surface area contributed by atoms with Crippen molar-refractivity contribution in [3.63, 3.8) is 0 Å². The van der Waals surface area contributed by atoms with Gasteiger partial charge in [-0.3, -0.25) is 4.98 Å². The first kappa shape index (κ1) is 8.74. The van der Waals surface area contributed by atoms with Crippen LogP contribution in [0.1, 0.15) is 11.5 Å². The van der Waals surface area contributed by atoms with E-state index in [0.29, 0.717) is 0 Å². The molecule has 2 N–H and O–H groups in total. The fraction of sp³-hybridized carbons (Fsp3) is 0.200. The molecule has 0 spiro atoms. The summed E-state index contributed by atoms with van der Waals surface area (Å²) in [7, 11) is 0. The molecular weight excluding hydrogens is 176 g/mol. The number of aromatic nitrogens is 3. The van der Waals surface area contributed by atoms with Crippen molar-refractivity contribution in [3.05, 3.63) is 42.2 Å². The van der Waals surface area contributed by atoms with Crippen LogP contribution in [0.25, 0.3) is 0 Å². The van der Waals surface area contributed by atoms with Crippen LogP contribution in [0.2, 0.25) is 0 Å². The van der Waals surface area contributed by atoms with Gasteiger partial charge in [0.05, 0.1) is 24.1 Å². The van der Waals surface area contributed by atoms with Crippen LogP contribution >= 0.6 is 0 Å². The van der Waals surface area contributed by atoms with Gasteiger partial charge in [-0.1, -0.05) is 0 Å². The molecule has 2 aromatic heterocycles. The highest BCUT2D eigenvalue weighted by Gasteiger charge is 1.96. The van der Waals surface area contributed by atoms with Crippen LogP contribution in [0.15, 0.2) is 30.7 Å². The Morgan fingerprint density at radius 1 is 1.43 bits per heavy atom. The van der Waals surface area contributed by atoms with E-state index < -0.39 is 0 Å². The summed E-state index contributed by atoms with van der Waals surface area (Å²) in [6.45, 7) is 2.68. The zero-order valence-corrected chi connectivity index (χ0v) is 7.99. The largest absolute Gasteiger partial charge is 0.378 e. The van der Waals surface area contributed by atoms with Crippen molar-refractivity contribution in [1.29, 1.82) is 0 Å². The number of hydrogen-bond donors (Lipinski definition) is 2. The number of aromatic amines is 1. The predicted octanol–water partition coefficient (Wildman–Crippen LogP) is 1.73. The summed E-state index contributed by atoms with van der Waals surface area (Å²) < 4.78 is 0. The van der Waals surface area contributed by atoms with Crippen LogP contribution < -0.4 is 5.32 Å². The first-order valence-corrected chi connectivity index (χ1v) is 4.49. The second kappa shape index (κ2) is 3.91. The molecule has 0 aromatic carbocycles. The fourth-order valence-electron chi connectivity index (χ4n) is 1.23. The number of rotatable bonds is 3. The van der Waals surface area contributed by atoms with Gasteiger partial charge >= 0.3 is 0 Å². The maximum Gasteiger partial charge on any atom is 0.103 e. The molecule has 0 aliphatic rings. The number of aryl methyl sites for hydroxylation is 1. The third kappa shape index (κ3) is 2.10. The monoisotopic (exact) mass is 188 g/mol. The Balaban J connectivity index is 1.95. The van der Waals surface area contributed by atoms with Crippen molar-refractivity contribution in [2.45, 2.75) is 13.5 Å². The number of anilines is 1. The van der Waals surface area contributed by atoms with E-state index in [1.54, 1.807) is 12.4 Å². The van der Waals surface area contributed by atoms with E-state index in [1.165, 1.54) is 0 Å². The van der Waals surface area contributed by atoms with Crippen LogP contribution in [0.3, 0.4) is 0 Å². The second-order valence-corrected chi connectivity index (χ2v) is 3.09. The summed E-state index contributed by atoms with van der Waals surface area (Å²) in [6, 6.07) is 3.89. The first-order valence-electron chi connectivity index (χ1n) is 4.49. The quantitative estimate of drug-likeness (QED) is 0.771. The second-order valence-electron chi connectivity index (χ2n) is 3.09. The molecule has 2 aromatic rings. The predicted molar refractivity (Wildman–Crippen MR) is 54.9 cm³/mol. The van der Waals surface area contributed by atoms with Gasteiger partial charge in [0.2, 0.25) is 0 Å². The number of H-pyrrole nitrogens is 1. The van der Waals surface area contributed by atoms with Gasteiger partial charge in [-0.15, -0.1) is 0 Å². The lowest BCUT2D eigenvalue weighted by Crippen LogP contribution is -1.99. The lowest BCUT2D eigenvalue weighted by molar-refractivity contribution is 1.04. The molecular formula is C10H12N4. The Bertz CT molecular complexity index is 394. The van der Waals surface area contributed by atoms with Crippen molar-refractivity contribution in [2.75, 3.05) is 5.32 Å². The zero-order chi connectivity index (χ0) is 9.80. The molecule has 0 atom stereocenters. The van der Waals surface area contributed by atoms with E-state index in [0.717, 1.165) is 23.8 Å². The summed E-state index contributed by atoms with van der Waals surface area (Å²) in [6.07, 6.45) is 5.38. The molecule has 0 saturated carbocycles. The van der Waals surface area contributed by atoms with E-state index in [-0.39, 0.29) is 0 Å². The van der Waals surface area contributed by atoms with E-state index in [1.807, 2.05) is 25.3 Å². The molecule has 4 nitrogen and oxygen atoms in total. The zero-order valence-electron chi connectivity index (χ0n) is 7.99. The van der Waals surface area contributed by atoms with Gasteiger partial charge in [-0.2, -0.15) is 0 Å². The molecule has 0 unspecified atom stereocenters. The fourth-order valence-corrected chi connectivity index (χ4v) is 1.23. The van der Waals surface area contributed by atoms with Crippen LogP contribution in [-0.2, 0) is 6.54 Å². The SMILES string of the molecule is Cc1ncc(CNc2cccnc2)[nH]1. The van der Waals surface area contributed by atoms with E-state index in [9.17, 15) is 0 Å². The normalized spacial score (nSPS) is 10.1. The molecule has 0 aliphatic carbocycles. The van der Waals surface area contributed by atoms with Gasteiger partial charge < -0.3 is 10.3 Å². The van der Waals surface area contributed by atoms with Crippen LogP contribution in [0.5, 0.6) is 0 Å². The van der Waals surface area contributed by atoms with Gasteiger partial charge in [0.15, 0.2) is 0 Å². The smallest absolute Gasteiger partial charge is 0.103 e. The molecule has 0 radical (unpaired) electrons. The topological polar surface area (TPSA) is 53.6 Å². The number of pyridine rings is 1. The molecule has 72 valence electrons. The third-order valence-electron chi connectivity index (χ3n) is 1.90. The third-order valence-corrected chi connectivity index (χ3v) is 1.90. The Hall–Kier alpha value is -1.84. The van der Waals surface area contributed by atoms with Gasteiger partial charge in [0.25, 0.3) is 0 Å². The number of imidazole rings is 1. The minimum absolute atomic E-state index is 0.743. The Kier molecular flexibility index (Phi) is 2.44. The molecule has 2 rings (SSSR count). The Morgan fingerprint density at radius 2 is 2.36 bits per heavy atom. The summed E-state index contributed by atoms with van der Waals surface area (Å²) in [5.74, 6) is 0.938. The minimum Gasteiger partial charge on any atom is -0.378 e. The lowest BCUT2D eigenvalue weighted by Gasteiger charge is -2.02. The van der Waals surface area contributed by atoms with Crippen LogP contribution in [-0.4, -0.2) is 15.0 Å². The first-order chi connectivity index (χ1) is 6.84. The number of nitrogens with one attached hydrogen (secondary N) is 2. The van der Waals surface area contributed by atoms with Crippen molar-refractivity contribution in [2.24, 2.45) is 0 Å². The van der Waals surface area contributed by atoms with Crippen molar-refractivity contribution in [1.82, 2.24) is 15.0 Å². The number of hydrogen-bond acceptors (Lipinski definition) is 3. The molecule has 0 bridgehead atoms. The molecule has 4 heteroatoms. The molecule has 0 aliphatic heterocycles. The summed E-state index contributed by atoms with van der Waals surface area (Å²) in [5, 5.41) is 3.24. The van der Waals surface area contributed by atoms with Gasteiger partial charge in [0, 0.05) is 12.4 Å². The summed E-state index contributed by atoms with van der Waals surface area (Å²) in [4.78, 5) is 11.3. The molecule has 0 fully saturated rings. The maximum atomic E-state index is 4.12. The minimum atomic E-state index is 0.743. The molecule has 14 heavy (non-hydrogen) atoms. The summed E-state index contributed by atoms with van der Waals surface area (Å²) in [5.41, 5.74) is 2.09. The highest BCUT2D eigenvalue weighted by Crippen LogP contribution is 2.05. The Morgan fingerprint density at radius 3 is 3.00 bits per heavy atom. The standard InChI is InChI=1S/C10H12N4/c1-8-12-6-10(14-8)7-13-9-3-2-4-11-5-9/h2-6,13H,7H2,1H3,(H,12,14). The van der Waals surface area contributed by atoms with Crippen molar-refractivity contribution in [3.8, 4) is 0 Å². The summed E-state index contributed by atoms with van der Waals surface area (Å²) >= 11 is 0. The van der Waals surface area contributed by atoms with E-state index in [2.05, 4.69) is 20.3 Å². The Labute approximate surface area is 82.4 Å².